The van der Waals surface area contributed by atoms with E-state index in [4.69, 9.17) is 29.7 Å². The van der Waals surface area contributed by atoms with E-state index in [2.05, 4.69) is 135 Å². The Morgan fingerprint density at radius 1 is 0.328 bits per heavy atom. The minimum absolute atomic E-state index is 0.362. The Kier molecular flexibility index (Phi) is 9.74. The minimum Gasteiger partial charge on any atom is -0.455 e. The summed E-state index contributed by atoms with van der Waals surface area (Å²) in [5.74, 6) is 3.50. The van der Waals surface area contributed by atoms with Crippen LogP contribution >= 0.6 is 0 Å². The third-order valence-corrected chi connectivity index (χ3v) is 12.1. The second kappa shape index (κ2) is 16.2. The van der Waals surface area contributed by atoms with E-state index in [1.54, 1.807) is 0 Å². The molecule has 304 valence electrons. The highest BCUT2D eigenvalue weighted by Gasteiger charge is 2.37. The molecule has 0 aliphatic carbocycles. The number of benzene rings is 7. The van der Waals surface area contributed by atoms with Crippen LogP contribution in [0.5, 0.6) is 11.5 Å². The highest BCUT2D eigenvalue weighted by Crippen LogP contribution is 2.54. The monoisotopic (exact) mass is 823 g/mol. The zero-order chi connectivity index (χ0) is 43.0. The number of aromatic nitrogens is 5. The largest absolute Gasteiger partial charge is 0.455 e. The summed E-state index contributed by atoms with van der Waals surface area (Å²) >= 11 is 0. The van der Waals surface area contributed by atoms with Gasteiger partial charge in [-0.1, -0.05) is 196 Å². The molecule has 0 saturated carbocycles. The van der Waals surface area contributed by atoms with Gasteiger partial charge in [-0.15, -0.1) is 0 Å². The summed E-state index contributed by atoms with van der Waals surface area (Å²) in [5, 5.41) is 0. The van der Waals surface area contributed by atoms with Crippen LogP contribution in [0.4, 0.5) is 0 Å². The Morgan fingerprint density at radius 3 is 1.36 bits per heavy atom. The molecule has 6 heteroatoms. The van der Waals surface area contributed by atoms with Crippen molar-refractivity contribution in [3.05, 3.63) is 224 Å². The van der Waals surface area contributed by atoms with Gasteiger partial charge in [-0.05, 0) is 41.0 Å². The van der Waals surface area contributed by atoms with E-state index in [0.29, 0.717) is 17.5 Å². The average Bonchev–Trinajstić information content (AvgIpc) is 3.37. The van der Waals surface area contributed by atoms with E-state index in [1.807, 2.05) is 91.1 Å². The SMILES string of the molecule is CC1(C)c2cccc(-c3ccc(-c4cc(-c5ccccc5)cc(-c5ccccc5)n4)nc3)c2Oc2c(-c3cccc(-c4nc(-c5ccccc5)nc(-c5ccccc5)n4)c3)cccc21. The van der Waals surface area contributed by atoms with Crippen molar-refractivity contribution in [2.45, 2.75) is 19.3 Å². The molecule has 0 fully saturated rings. The van der Waals surface area contributed by atoms with Gasteiger partial charge < -0.3 is 4.74 Å². The number of para-hydroxylation sites is 2. The second-order valence-corrected chi connectivity index (χ2v) is 16.5. The molecule has 10 aromatic rings. The van der Waals surface area contributed by atoms with Crippen LogP contribution in [0, 0.1) is 0 Å². The number of rotatable bonds is 8. The van der Waals surface area contributed by atoms with Gasteiger partial charge in [-0.3, -0.25) is 4.98 Å². The molecule has 7 aromatic carbocycles. The molecule has 0 atom stereocenters. The van der Waals surface area contributed by atoms with E-state index in [1.165, 1.54) is 0 Å². The van der Waals surface area contributed by atoms with E-state index in [-0.39, 0.29) is 5.41 Å². The lowest BCUT2D eigenvalue weighted by Crippen LogP contribution is -2.25. The fourth-order valence-electron chi connectivity index (χ4n) is 8.66. The Balaban J connectivity index is 0.966. The van der Waals surface area contributed by atoms with Gasteiger partial charge >= 0.3 is 0 Å². The van der Waals surface area contributed by atoms with Crippen LogP contribution in [0.1, 0.15) is 25.0 Å². The molecule has 0 saturated heterocycles. The third kappa shape index (κ3) is 7.21. The zero-order valence-corrected chi connectivity index (χ0v) is 35.4. The lowest BCUT2D eigenvalue weighted by molar-refractivity contribution is 0.421. The van der Waals surface area contributed by atoms with Gasteiger partial charge in [0.1, 0.15) is 11.5 Å². The van der Waals surface area contributed by atoms with Crippen LogP contribution in [0.2, 0.25) is 0 Å². The van der Waals surface area contributed by atoms with Crippen LogP contribution in [0.15, 0.2) is 212 Å². The third-order valence-electron chi connectivity index (χ3n) is 12.1. The Morgan fingerprint density at radius 2 is 0.797 bits per heavy atom. The van der Waals surface area contributed by atoms with Crippen LogP contribution in [-0.2, 0) is 5.41 Å². The normalized spacial score (nSPS) is 12.5. The van der Waals surface area contributed by atoms with Crippen molar-refractivity contribution < 1.29 is 4.74 Å². The fraction of sp³-hybridized carbons (Fsp3) is 0.0517. The summed E-state index contributed by atoms with van der Waals surface area (Å²) in [4.78, 5) is 25.1. The quantitative estimate of drug-likeness (QED) is 0.152. The number of hydrogen-bond donors (Lipinski definition) is 0. The summed E-state index contributed by atoms with van der Waals surface area (Å²) < 4.78 is 7.15. The number of ether oxygens (including phenoxy) is 1. The first-order valence-corrected chi connectivity index (χ1v) is 21.5. The molecule has 0 N–H and O–H groups in total. The maximum absolute atomic E-state index is 7.15. The van der Waals surface area contributed by atoms with Gasteiger partial charge in [0.15, 0.2) is 17.5 Å². The topological polar surface area (TPSA) is 73.7 Å². The smallest absolute Gasteiger partial charge is 0.164 e. The van der Waals surface area contributed by atoms with E-state index >= 15 is 0 Å². The van der Waals surface area contributed by atoms with E-state index in [9.17, 15) is 0 Å². The summed E-state index contributed by atoms with van der Waals surface area (Å²) in [6.07, 6.45) is 1.94. The number of pyridine rings is 2. The van der Waals surface area contributed by atoms with Crippen LogP contribution in [-0.4, -0.2) is 24.9 Å². The summed E-state index contributed by atoms with van der Waals surface area (Å²) in [6, 6.07) is 70.5. The molecular formula is C58H41N5O. The van der Waals surface area contributed by atoms with Crippen molar-refractivity contribution in [3.63, 3.8) is 0 Å². The molecule has 0 unspecified atom stereocenters. The highest BCUT2D eigenvalue weighted by molar-refractivity contribution is 5.83. The van der Waals surface area contributed by atoms with Gasteiger partial charge in [0.2, 0.25) is 0 Å². The molecule has 0 spiro atoms. The molecule has 64 heavy (non-hydrogen) atoms. The van der Waals surface area contributed by atoms with Crippen LogP contribution in [0.3, 0.4) is 0 Å². The predicted molar refractivity (Wildman–Crippen MR) is 258 cm³/mol. The van der Waals surface area contributed by atoms with Gasteiger partial charge in [-0.2, -0.15) is 0 Å². The maximum Gasteiger partial charge on any atom is 0.164 e. The summed E-state index contributed by atoms with van der Waals surface area (Å²) in [7, 11) is 0. The van der Waals surface area contributed by atoms with E-state index < -0.39 is 0 Å². The lowest BCUT2D eigenvalue weighted by atomic mass is 9.74. The maximum atomic E-state index is 7.15. The van der Waals surface area contributed by atoms with Crippen molar-refractivity contribution in [1.29, 1.82) is 0 Å². The number of nitrogens with zero attached hydrogens (tertiary/aromatic N) is 5. The second-order valence-electron chi connectivity index (χ2n) is 16.5. The van der Waals surface area contributed by atoms with Crippen LogP contribution in [0.25, 0.3) is 90.2 Å². The first-order chi connectivity index (χ1) is 31.5. The van der Waals surface area contributed by atoms with Gasteiger partial charge in [-0.25, -0.2) is 19.9 Å². The molecule has 3 aromatic heterocycles. The number of hydrogen-bond acceptors (Lipinski definition) is 6. The molecular weight excluding hydrogens is 783 g/mol. The van der Waals surface area contributed by atoms with Gasteiger partial charge in [0, 0.05) is 61.7 Å². The first-order valence-electron chi connectivity index (χ1n) is 21.5. The summed E-state index contributed by atoms with van der Waals surface area (Å²) in [6.45, 7) is 4.55. The highest BCUT2D eigenvalue weighted by atomic mass is 16.5. The van der Waals surface area contributed by atoms with Crippen molar-refractivity contribution in [2.75, 3.05) is 0 Å². The average molecular weight is 824 g/mol. The summed E-state index contributed by atoms with van der Waals surface area (Å²) in [5.41, 5.74) is 14.3. The lowest BCUT2D eigenvalue weighted by Gasteiger charge is -2.36. The molecule has 11 rings (SSSR count). The zero-order valence-electron chi connectivity index (χ0n) is 35.4. The standard InChI is InChI=1S/C58H41N5O/c1-58(2)48-30-16-28-46(42-26-15-27-43(34-42)57-62-55(40-22-11-5-12-23-40)61-56(63-57)41-24-13-6-14-25-41)53(48)64-54-47(29-17-31-49(54)58)44-32-33-50(59-37-44)52-36-45(38-18-7-3-8-19-38)35-51(60-52)39-20-9-4-10-21-39/h3-37H,1-2H3. The van der Waals surface area contributed by atoms with Crippen molar-refractivity contribution >= 4 is 0 Å². The van der Waals surface area contributed by atoms with Gasteiger partial charge in [0.25, 0.3) is 0 Å². The first kappa shape index (κ1) is 38.6. The van der Waals surface area contributed by atoms with Crippen molar-refractivity contribution in [3.8, 4) is 102 Å². The molecule has 0 bridgehead atoms. The molecule has 0 radical (unpaired) electrons. The Labute approximate surface area is 372 Å². The number of fused-ring (bicyclic) bond motifs is 2. The van der Waals surface area contributed by atoms with Crippen molar-refractivity contribution in [1.82, 2.24) is 24.9 Å². The minimum atomic E-state index is -0.362. The molecule has 4 heterocycles. The van der Waals surface area contributed by atoms with E-state index in [0.717, 1.165) is 95.3 Å². The fourth-order valence-corrected chi connectivity index (χ4v) is 8.66. The Bertz CT molecular complexity index is 3180. The predicted octanol–water partition coefficient (Wildman–Crippen LogP) is 14.4. The van der Waals surface area contributed by atoms with Gasteiger partial charge in [0.05, 0.1) is 17.1 Å². The Hall–Kier alpha value is -8.35. The molecule has 0 amide bonds. The van der Waals surface area contributed by atoms with Crippen LogP contribution < -0.4 is 4.74 Å². The molecule has 6 nitrogen and oxygen atoms in total. The van der Waals surface area contributed by atoms with Crippen molar-refractivity contribution in [2.24, 2.45) is 0 Å². The molecule has 1 aliphatic heterocycles. The molecule has 1 aliphatic rings.